The molecule has 2 heterocycles. The zero-order valence-corrected chi connectivity index (χ0v) is 12.9. The van der Waals surface area contributed by atoms with Crippen LogP contribution in [0.4, 0.5) is 0 Å². The highest BCUT2D eigenvalue weighted by atomic mass is 16.4. The van der Waals surface area contributed by atoms with Gasteiger partial charge in [0.2, 0.25) is 0 Å². The van der Waals surface area contributed by atoms with Gasteiger partial charge in [0.15, 0.2) is 0 Å². The van der Waals surface area contributed by atoms with E-state index in [0.29, 0.717) is 5.69 Å². The summed E-state index contributed by atoms with van der Waals surface area (Å²) < 4.78 is 0. The molecule has 0 saturated carbocycles. The van der Waals surface area contributed by atoms with Crippen molar-refractivity contribution < 1.29 is 14.7 Å². The van der Waals surface area contributed by atoms with Gasteiger partial charge in [-0.25, -0.2) is 0 Å². The summed E-state index contributed by atoms with van der Waals surface area (Å²) in [6.07, 6.45) is 5.12. The molecule has 1 aromatic carbocycles. The second-order valence-corrected chi connectivity index (χ2v) is 5.93. The van der Waals surface area contributed by atoms with Crippen molar-refractivity contribution >= 4 is 11.9 Å². The monoisotopic (exact) mass is 312 g/mol. The van der Waals surface area contributed by atoms with Gasteiger partial charge < -0.3 is 15.0 Å². The minimum atomic E-state index is -0.850. The molecule has 1 fully saturated rings. The number of nitrogens with zero attached hydrogens (tertiary/aromatic N) is 1. The van der Waals surface area contributed by atoms with E-state index in [1.54, 1.807) is 12.3 Å². The maximum absolute atomic E-state index is 12.5. The number of aliphatic carboxylic acids is 1. The molecule has 0 atom stereocenters. The molecule has 1 amide bonds. The molecule has 0 bridgehead atoms. The van der Waals surface area contributed by atoms with E-state index in [1.165, 1.54) is 6.42 Å². The number of nitrogens with one attached hydrogen (secondary N) is 1. The lowest BCUT2D eigenvalue weighted by Crippen LogP contribution is -2.35. The topological polar surface area (TPSA) is 73.4 Å². The van der Waals surface area contributed by atoms with Gasteiger partial charge in [0.25, 0.3) is 5.91 Å². The fourth-order valence-corrected chi connectivity index (χ4v) is 2.99. The molecule has 0 unspecified atom stereocenters. The summed E-state index contributed by atoms with van der Waals surface area (Å²) in [4.78, 5) is 28.2. The van der Waals surface area contributed by atoms with Crippen LogP contribution < -0.4 is 0 Å². The number of likely N-dealkylation sites (tertiary alicyclic amines) is 1. The van der Waals surface area contributed by atoms with Crippen LogP contribution in [0.3, 0.4) is 0 Å². The Morgan fingerprint density at radius 3 is 2.61 bits per heavy atom. The molecule has 0 aliphatic carbocycles. The van der Waals surface area contributed by atoms with Crippen LogP contribution in [0.5, 0.6) is 0 Å². The summed E-state index contributed by atoms with van der Waals surface area (Å²) >= 11 is 0. The SMILES string of the molecule is O=C(O)Cc1cccc(-c2c[nH]c(C(=O)N3CCCCC3)c2)c1. The number of carbonyl (C=O) groups is 2. The molecule has 1 aromatic heterocycles. The van der Waals surface area contributed by atoms with Crippen molar-refractivity contribution in [3.05, 3.63) is 47.8 Å². The van der Waals surface area contributed by atoms with Crippen molar-refractivity contribution in [1.29, 1.82) is 0 Å². The number of aromatic amines is 1. The highest BCUT2D eigenvalue weighted by Crippen LogP contribution is 2.23. The van der Waals surface area contributed by atoms with Crippen molar-refractivity contribution in [2.45, 2.75) is 25.7 Å². The van der Waals surface area contributed by atoms with Crippen molar-refractivity contribution in [3.63, 3.8) is 0 Å². The van der Waals surface area contributed by atoms with Gasteiger partial charge in [0.1, 0.15) is 5.69 Å². The Kier molecular flexibility index (Phi) is 4.46. The van der Waals surface area contributed by atoms with Gasteiger partial charge in [0.05, 0.1) is 6.42 Å². The van der Waals surface area contributed by atoms with Crippen LogP contribution in [0.1, 0.15) is 35.3 Å². The highest BCUT2D eigenvalue weighted by molar-refractivity contribution is 5.94. The van der Waals surface area contributed by atoms with E-state index in [4.69, 9.17) is 5.11 Å². The van der Waals surface area contributed by atoms with E-state index < -0.39 is 5.97 Å². The first-order valence-corrected chi connectivity index (χ1v) is 7.92. The van der Waals surface area contributed by atoms with E-state index in [1.807, 2.05) is 29.2 Å². The third kappa shape index (κ3) is 3.62. The third-order valence-corrected chi connectivity index (χ3v) is 4.17. The molecule has 2 N–H and O–H groups in total. The van der Waals surface area contributed by atoms with Gasteiger partial charge in [-0.3, -0.25) is 9.59 Å². The maximum atomic E-state index is 12.5. The molecule has 1 aliphatic rings. The second-order valence-electron chi connectivity index (χ2n) is 5.93. The van der Waals surface area contributed by atoms with Crippen molar-refractivity contribution in [1.82, 2.24) is 9.88 Å². The van der Waals surface area contributed by atoms with E-state index >= 15 is 0 Å². The Balaban J connectivity index is 1.78. The third-order valence-electron chi connectivity index (χ3n) is 4.17. The average molecular weight is 312 g/mol. The number of H-pyrrole nitrogens is 1. The van der Waals surface area contributed by atoms with Crippen LogP contribution in [0.15, 0.2) is 36.5 Å². The van der Waals surface area contributed by atoms with Gasteiger partial charge in [-0.05, 0) is 42.0 Å². The van der Waals surface area contributed by atoms with Crippen LogP contribution in [-0.2, 0) is 11.2 Å². The molecular formula is C18H20N2O3. The van der Waals surface area contributed by atoms with Crippen LogP contribution in [0.2, 0.25) is 0 Å². The number of hydrogen-bond acceptors (Lipinski definition) is 2. The summed E-state index contributed by atoms with van der Waals surface area (Å²) in [5.41, 5.74) is 3.15. The Hall–Kier alpha value is -2.56. The highest BCUT2D eigenvalue weighted by Gasteiger charge is 2.19. The second kappa shape index (κ2) is 6.69. The molecule has 120 valence electrons. The zero-order valence-electron chi connectivity index (χ0n) is 12.9. The smallest absolute Gasteiger partial charge is 0.307 e. The van der Waals surface area contributed by atoms with E-state index in [0.717, 1.165) is 42.6 Å². The predicted octanol–water partition coefficient (Wildman–Crippen LogP) is 2.93. The van der Waals surface area contributed by atoms with Gasteiger partial charge >= 0.3 is 5.97 Å². The lowest BCUT2D eigenvalue weighted by atomic mass is 10.0. The normalized spacial score (nSPS) is 14.7. The zero-order chi connectivity index (χ0) is 16.2. The van der Waals surface area contributed by atoms with E-state index in [-0.39, 0.29) is 12.3 Å². The molecule has 3 rings (SSSR count). The van der Waals surface area contributed by atoms with Crippen molar-refractivity contribution in [3.8, 4) is 11.1 Å². The number of rotatable bonds is 4. The number of carboxylic acid groups (broad SMARTS) is 1. The number of carboxylic acids is 1. The fourth-order valence-electron chi connectivity index (χ4n) is 2.99. The predicted molar refractivity (Wildman–Crippen MR) is 87.3 cm³/mol. The Labute approximate surface area is 134 Å². The fraction of sp³-hybridized carbons (Fsp3) is 0.333. The Morgan fingerprint density at radius 1 is 1.09 bits per heavy atom. The first-order chi connectivity index (χ1) is 11.1. The number of carbonyl (C=O) groups excluding carboxylic acids is 1. The molecule has 0 spiro atoms. The first kappa shape index (κ1) is 15.3. The molecular weight excluding hydrogens is 292 g/mol. The Morgan fingerprint density at radius 2 is 1.87 bits per heavy atom. The molecule has 5 heteroatoms. The lowest BCUT2D eigenvalue weighted by Gasteiger charge is -2.26. The van der Waals surface area contributed by atoms with Gasteiger partial charge in [-0.1, -0.05) is 24.3 Å². The van der Waals surface area contributed by atoms with Gasteiger partial charge in [-0.15, -0.1) is 0 Å². The standard InChI is InChI=1S/C18H20N2O3/c21-17(22)10-13-5-4-6-14(9-13)15-11-16(19-12-15)18(23)20-7-2-1-3-8-20/h4-6,9,11-12,19H,1-3,7-8,10H2,(H,21,22). The van der Waals surface area contributed by atoms with Gasteiger partial charge in [0, 0.05) is 19.3 Å². The Bertz CT molecular complexity index is 715. The summed E-state index contributed by atoms with van der Waals surface area (Å²) in [6, 6.07) is 9.25. The summed E-state index contributed by atoms with van der Waals surface area (Å²) in [6.45, 7) is 1.64. The van der Waals surface area contributed by atoms with Crippen LogP contribution in [0.25, 0.3) is 11.1 Å². The van der Waals surface area contributed by atoms with Crippen LogP contribution in [0, 0.1) is 0 Å². The maximum Gasteiger partial charge on any atom is 0.307 e. The minimum Gasteiger partial charge on any atom is -0.481 e. The molecule has 1 aliphatic heterocycles. The van der Waals surface area contributed by atoms with Crippen LogP contribution >= 0.6 is 0 Å². The quantitative estimate of drug-likeness (QED) is 0.911. The van der Waals surface area contributed by atoms with Gasteiger partial charge in [-0.2, -0.15) is 0 Å². The number of piperidine rings is 1. The largest absolute Gasteiger partial charge is 0.481 e. The van der Waals surface area contributed by atoms with Crippen LogP contribution in [-0.4, -0.2) is 40.0 Å². The number of hydrogen-bond donors (Lipinski definition) is 2. The first-order valence-electron chi connectivity index (χ1n) is 7.92. The molecule has 23 heavy (non-hydrogen) atoms. The molecule has 1 saturated heterocycles. The minimum absolute atomic E-state index is 0.00215. The molecule has 5 nitrogen and oxygen atoms in total. The number of aromatic nitrogens is 1. The average Bonchev–Trinajstić information content (AvgIpc) is 3.04. The summed E-state index contributed by atoms with van der Waals surface area (Å²) in [5, 5.41) is 8.89. The summed E-state index contributed by atoms with van der Waals surface area (Å²) in [7, 11) is 0. The summed E-state index contributed by atoms with van der Waals surface area (Å²) in [5.74, 6) is -0.810. The van der Waals surface area contributed by atoms with Crippen molar-refractivity contribution in [2.75, 3.05) is 13.1 Å². The lowest BCUT2D eigenvalue weighted by molar-refractivity contribution is -0.136. The molecule has 0 radical (unpaired) electrons. The number of benzene rings is 1. The number of amides is 1. The van der Waals surface area contributed by atoms with E-state index in [2.05, 4.69) is 4.98 Å². The van der Waals surface area contributed by atoms with E-state index in [9.17, 15) is 9.59 Å². The molecule has 2 aromatic rings. The van der Waals surface area contributed by atoms with Crippen molar-refractivity contribution in [2.24, 2.45) is 0 Å².